The van der Waals surface area contributed by atoms with E-state index in [0.29, 0.717) is 5.56 Å². The van der Waals surface area contributed by atoms with Crippen LogP contribution >= 0.6 is 0 Å². The van der Waals surface area contributed by atoms with Gasteiger partial charge in [-0.1, -0.05) is 29.8 Å². The largest absolute Gasteiger partial charge is 0.569 e. The zero-order chi connectivity index (χ0) is 33.6. The number of ether oxygens (including phenoxy) is 3. The molecule has 0 saturated carbocycles. The van der Waals surface area contributed by atoms with Crippen molar-refractivity contribution in [2.75, 3.05) is 26.5 Å². The number of hydrogen-bond donors (Lipinski definition) is 1. The predicted octanol–water partition coefficient (Wildman–Crippen LogP) is 4.54. The molecule has 1 N–H and O–H groups in total. The fourth-order valence-electron chi connectivity index (χ4n) is 4.02. The van der Waals surface area contributed by atoms with Crippen molar-refractivity contribution in [1.82, 2.24) is 19.5 Å². The van der Waals surface area contributed by atoms with Gasteiger partial charge in [0.05, 0.1) is 47.0 Å². The van der Waals surface area contributed by atoms with Gasteiger partial charge in [0.15, 0.2) is 5.69 Å². The van der Waals surface area contributed by atoms with Crippen LogP contribution in [0.5, 0.6) is 0 Å². The van der Waals surface area contributed by atoms with Crippen LogP contribution in [0.3, 0.4) is 0 Å². The van der Waals surface area contributed by atoms with E-state index in [-0.39, 0.29) is 46.9 Å². The molecule has 46 heavy (non-hydrogen) atoms. The molecule has 0 bridgehead atoms. The highest BCUT2D eigenvalue weighted by Crippen LogP contribution is 2.33. The van der Waals surface area contributed by atoms with Crippen LogP contribution in [-0.4, -0.2) is 73.0 Å². The molecule has 1 aromatic heterocycles. The lowest BCUT2D eigenvalue weighted by molar-refractivity contribution is -0.727. The van der Waals surface area contributed by atoms with Crippen LogP contribution in [0.25, 0.3) is 16.9 Å². The maximum absolute atomic E-state index is 13.5. The van der Waals surface area contributed by atoms with Gasteiger partial charge in [0, 0.05) is 11.5 Å². The molecule has 15 nitrogen and oxygen atoms in total. The summed E-state index contributed by atoms with van der Waals surface area (Å²) >= 11 is 0. The van der Waals surface area contributed by atoms with Gasteiger partial charge in [0.2, 0.25) is 5.28 Å². The van der Waals surface area contributed by atoms with E-state index in [4.69, 9.17) is 9.47 Å². The van der Waals surface area contributed by atoms with Gasteiger partial charge in [-0.2, -0.15) is 18.3 Å². The van der Waals surface area contributed by atoms with Gasteiger partial charge in [0.25, 0.3) is 16.8 Å². The Morgan fingerprint density at radius 2 is 1.76 bits per heavy atom. The lowest BCUT2D eigenvalue weighted by Gasteiger charge is -2.33. The van der Waals surface area contributed by atoms with Gasteiger partial charge < -0.3 is 24.3 Å². The van der Waals surface area contributed by atoms with Crippen LogP contribution in [-0.2, 0) is 35.2 Å². The molecule has 19 heteroatoms. The first-order chi connectivity index (χ1) is 21.6. The summed E-state index contributed by atoms with van der Waals surface area (Å²) in [4.78, 5) is 27.7. The molecule has 1 saturated heterocycles. The number of aromatic nitrogens is 2. The number of hydrogen-bond acceptors (Lipinski definition) is 11. The summed E-state index contributed by atoms with van der Waals surface area (Å²) in [6.45, 7) is 4.39. The number of nitrogens with one attached hydrogen (secondary N) is 1. The third kappa shape index (κ3) is 8.77. The van der Waals surface area contributed by atoms with Crippen molar-refractivity contribution >= 4 is 22.3 Å². The van der Waals surface area contributed by atoms with E-state index in [1.54, 1.807) is 42.8 Å². The number of alkyl halides is 3. The van der Waals surface area contributed by atoms with Gasteiger partial charge in [-0.3, -0.25) is 0 Å². The van der Waals surface area contributed by atoms with Gasteiger partial charge in [0.1, 0.15) is 0 Å². The molecule has 0 unspecified atom stereocenters. The molecular weight excluding hydrogens is 641 g/mol. The molecule has 1 aliphatic rings. The highest BCUT2D eigenvalue weighted by molar-refractivity contribution is 7.90. The molecule has 2 aromatic carbocycles. The standard InChI is InChI=1S/C27H29F3N6O9S/c1-17(2)45-26(38)43-16-44-33-36(39)34-13-19(14-34)15-42-25(37)32-46(40,41)22-10-8-21(9-11-22)35-23(12-24(31-35)27(28,29)30)20-6-4-18(3)5-7-20/h4-12,17,19H,13-16H2,1-3H3,(H,32,37)/b36-33+. The van der Waals surface area contributed by atoms with Gasteiger partial charge in [-0.05, 0) is 51.1 Å². The van der Waals surface area contributed by atoms with Crippen molar-refractivity contribution in [2.45, 2.75) is 37.9 Å². The maximum Gasteiger partial charge on any atom is 0.511 e. The van der Waals surface area contributed by atoms with E-state index < -0.39 is 47.0 Å². The molecule has 3 aromatic rings. The summed E-state index contributed by atoms with van der Waals surface area (Å²) in [5.74, 6) is -0.324. The Balaban J connectivity index is 1.29. The minimum atomic E-state index is -4.71. The highest BCUT2D eigenvalue weighted by Gasteiger charge is 2.36. The van der Waals surface area contributed by atoms with Crippen LogP contribution in [0.2, 0.25) is 0 Å². The Hall–Kier alpha value is -5.07. The SMILES string of the molecule is Cc1ccc(-c2cc(C(F)(F)F)nn2-c2ccc(S(=O)(=O)NC(=O)OCC3CN(/[N+]([O-])=N\OCOC(=O)OC(C)C)C3)cc2)cc1. The van der Waals surface area contributed by atoms with Crippen molar-refractivity contribution in [3.05, 3.63) is 71.1 Å². The van der Waals surface area contributed by atoms with Crippen molar-refractivity contribution < 1.29 is 55.2 Å². The van der Waals surface area contributed by atoms with Crippen molar-refractivity contribution in [2.24, 2.45) is 11.2 Å². The number of sulfonamides is 1. The van der Waals surface area contributed by atoms with E-state index in [1.807, 2.05) is 6.92 Å². The van der Waals surface area contributed by atoms with E-state index in [0.717, 1.165) is 33.5 Å². The van der Waals surface area contributed by atoms with Gasteiger partial charge in [-0.25, -0.2) is 27.4 Å². The zero-order valence-corrected chi connectivity index (χ0v) is 25.4. The number of rotatable bonds is 11. The third-order valence-corrected chi connectivity index (χ3v) is 7.60. The zero-order valence-electron chi connectivity index (χ0n) is 24.6. The monoisotopic (exact) mass is 670 g/mol. The summed E-state index contributed by atoms with van der Waals surface area (Å²) in [7, 11) is -4.41. The van der Waals surface area contributed by atoms with Crippen LogP contribution in [0.4, 0.5) is 22.8 Å². The average molecular weight is 671 g/mol. The first kappa shape index (κ1) is 33.8. The summed E-state index contributed by atoms with van der Waals surface area (Å²) in [6, 6.07) is 12.4. The fraction of sp³-hybridized carbons (Fsp3) is 0.370. The molecule has 1 fully saturated rings. The van der Waals surface area contributed by atoms with Crippen LogP contribution in [0.1, 0.15) is 25.1 Å². The maximum atomic E-state index is 13.5. The number of aryl methyl sites for hydroxylation is 1. The quantitative estimate of drug-likeness (QED) is 0.0757. The Labute approximate surface area is 260 Å². The van der Waals surface area contributed by atoms with Crippen LogP contribution in [0.15, 0.2) is 64.8 Å². The van der Waals surface area contributed by atoms with E-state index >= 15 is 0 Å². The Bertz CT molecular complexity index is 1670. The van der Waals surface area contributed by atoms with Gasteiger partial charge in [-0.15, -0.1) is 5.01 Å². The van der Waals surface area contributed by atoms with E-state index in [2.05, 4.69) is 20.0 Å². The Morgan fingerprint density at radius 1 is 1.11 bits per heavy atom. The lowest BCUT2D eigenvalue weighted by atomic mass is 10.0. The van der Waals surface area contributed by atoms with Crippen LogP contribution < -0.4 is 4.72 Å². The third-order valence-electron chi connectivity index (χ3n) is 6.28. The number of nitrogens with zero attached hydrogens (tertiary/aromatic N) is 5. The average Bonchev–Trinajstić information content (AvgIpc) is 3.41. The number of amides is 1. The molecule has 2 heterocycles. The summed E-state index contributed by atoms with van der Waals surface area (Å²) in [5.41, 5.74) is 0.527. The molecule has 0 aliphatic carbocycles. The topological polar surface area (TPSA) is 177 Å². The Kier molecular flexibility index (Phi) is 10.2. The highest BCUT2D eigenvalue weighted by atomic mass is 32.2. The Morgan fingerprint density at radius 3 is 2.37 bits per heavy atom. The number of halogens is 3. The van der Waals surface area contributed by atoms with Crippen molar-refractivity contribution in [3.63, 3.8) is 0 Å². The smallest absolute Gasteiger partial charge is 0.511 e. The normalized spacial score (nSPS) is 14.1. The summed E-state index contributed by atoms with van der Waals surface area (Å²) in [6.07, 6.45) is -7.38. The number of hydrazine groups is 1. The summed E-state index contributed by atoms with van der Waals surface area (Å²) in [5, 5.41) is 19.9. The molecule has 0 spiro atoms. The fourth-order valence-corrected chi connectivity index (χ4v) is 4.91. The molecule has 248 valence electrons. The number of carbonyl (C=O) groups is 2. The molecule has 4 rings (SSSR count). The predicted molar refractivity (Wildman–Crippen MR) is 150 cm³/mol. The number of benzene rings is 2. The van der Waals surface area contributed by atoms with Gasteiger partial charge >= 0.3 is 18.4 Å². The van der Waals surface area contributed by atoms with Crippen LogP contribution in [0, 0.1) is 18.0 Å². The second-order valence-electron chi connectivity index (χ2n) is 10.3. The molecule has 1 amide bonds. The second kappa shape index (κ2) is 13.9. The van der Waals surface area contributed by atoms with Crippen molar-refractivity contribution in [1.29, 1.82) is 0 Å². The molecule has 0 atom stereocenters. The molecule has 1 aliphatic heterocycles. The minimum absolute atomic E-state index is 0.0994. The first-order valence-electron chi connectivity index (χ1n) is 13.5. The first-order valence-corrected chi connectivity index (χ1v) is 15.0. The number of carbonyl (C=O) groups excluding carboxylic acids is 2. The van der Waals surface area contributed by atoms with E-state index in [9.17, 15) is 36.4 Å². The van der Waals surface area contributed by atoms with E-state index in [1.165, 1.54) is 12.1 Å². The lowest BCUT2D eigenvalue weighted by Crippen LogP contribution is -2.52. The minimum Gasteiger partial charge on any atom is -0.569 e. The summed E-state index contributed by atoms with van der Waals surface area (Å²) < 4.78 is 82.9. The molecular formula is C27H29F3N6O9S. The molecule has 0 radical (unpaired) electrons. The second-order valence-corrected chi connectivity index (χ2v) is 12.0. The van der Waals surface area contributed by atoms with Crippen molar-refractivity contribution in [3.8, 4) is 16.9 Å².